The minimum Gasteiger partial charge on any atom is -0.487 e. The molecular formula is C34H43ClN2O7S. The van der Waals surface area contributed by atoms with Crippen LogP contribution in [-0.4, -0.2) is 56.5 Å². The monoisotopic (exact) mass is 658 g/mol. The van der Waals surface area contributed by atoms with Crippen molar-refractivity contribution < 1.29 is 32.6 Å². The number of hydrogen-bond donors (Lipinski definition) is 2. The molecule has 244 valence electrons. The highest BCUT2D eigenvalue weighted by molar-refractivity contribution is 7.90. The van der Waals surface area contributed by atoms with E-state index in [1.807, 2.05) is 30.4 Å². The van der Waals surface area contributed by atoms with Gasteiger partial charge in [0.1, 0.15) is 12.4 Å². The molecule has 2 N–H and O–H groups in total. The summed E-state index contributed by atoms with van der Waals surface area (Å²) >= 11 is 6.32. The molecule has 2 aliphatic heterocycles. The van der Waals surface area contributed by atoms with Gasteiger partial charge in [0.2, 0.25) is 10.0 Å². The number of sulfonamides is 1. The number of rotatable bonds is 3. The first kappa shape index (κ1) is 33.3. The number of hydrogen-bond acceptors (Lipinski definition) is 7. The maximum atomic E-state index is 13.4. The zero-order chi connectivity index (χ0) is 32.4. The zero-order valence-electron chi connectivity index (χ0n) is 26.1. The molecule has 5 rings (SSSR count). The molecule has 0 aromatic heterocycles. The maximum absolute atomic E-state index is 13.4. The molecule has 0 spiro atoms. The summed E-state index contributed by atoms with van der Waals surface area (Å²) in [7, 11) is -2.46. The SMILES string of the molecule is CO[C@]1(CC(=O)O)/C=C/C[C@H](C)[C@@H](C)S(=O)(=O)NC(=O)c2ccc3c(c2)N(CCCCc2cc(Cl)ccc2CO3)C[C@@H]2CC[C@H]21. The van der Waals surface area contributed by atoms with Crippen molar-refractivity contribution in [1.82, 2.24) is 4.72 Å². The highest BCUT2D eigenvalue weighted by atomic mass is 35.5. The number of carbonyl (C=O) groups is 2. The standard InChI is InChI=1S/C34H43ClN2O7S/c1-22-7-6-15-34(43-3,19-32(38)39)29-13-10-26(29)20-37-16-5-4-8-24-17-28(35)12-9-27(24)21-44-31-14-11-25(18-30(31)37)33(40)36-45(41,42)23(22)2/h6,9,11-12,14-15,17-18,22-23,26,29H,4-5,7-8,10,13,16,19-21H2,1-3H3,(H,36,40)(H,38,39)/b15-6+/t22-,23+,26-,29+,34-/m0/s1. The Morgan fingerprint density at radius 2 is 1.96 bits per heavy atom. The van der Waals surface area contributed by atoms with Crippen LogP contribution in [0.1, 0.15) is 73.9 Å². The van der Waals surface area contributed by atoms with Gasteiger partial charge in [0.05, 0.1) is 23.0 Å². The predicted octanol–water partition coefficient (Wildman–Crippen LogP) is 5.99. The van der Waals surface area contributed by atoms with E-state index in [1.165, 1.54) is 0 Å². The Kier molecular flexibility index (Phi) is 10.2. The van der Waals surface area contributed by atoms with Crippen molar-refractivity contribution in [2.45, 2.75) is 76.3 Å². The van der Waals surface area contributed by atoms with Crippen LogP contribution >= 0.6 is 11.6 Å². The van der Waals surface area contributed by atoms with E-state index in [-0.39, 0.29) is 29.7 Å². The Morgan fingerprint density at radius 1 is 1.16 bits per heavy atom. The summed E-state index contributed by atoms with van der Waals surface area (Å²) in [6.45, 7) is 4.97. The van der Waals surface area contributed by atoms with Crippen LogP contribution in [0, 0.1) is 17.8 Å². The third-order valence-electron chi connectivity index (χ3n) is 9.98. The molecule has 0 unspecified atom stereocenters. The number of halogens is 1. The largest absolute Gasteiger partial charge is 0.487 e. The van der Waals surface area contributed by atoms with Gasteiger partial charge in [-0.15, -0.1) is 0 Å². The summed E-state index contributed by atoms with van der Waals surface area (Å²) in [5.41, 5.74) is 2.07. The van der Waals surface area contributed by atoms with E-state index in [2.05, 4.69) is 9.62 Å². The normalized spacial score (nSPS) is 29.4. The number of fused-ring (bicyclic) bond motifs is 3. The number of nitrogens with one attached hydrogen (secondary N) is 1. The Balaban J connectivity index is 1.59. The second kappa shape index (κ2) is 13.7. The van der Waals surface area contributed by atoms with Crippen LogP contribution in [0.5, 0.6) is 5.75 Å². The molecule has 0 radical (unpaired) electrons. The molecule has 9 nitrogen and oxygen atoms in total. The first-order valence-electron chi connectivity index (χ1n) is 15.7. The van der Waals surface area contributed by atoms with Crippen LogP contribution in [-0.2, 0) is 32.6 Å². The number of amides is 1. The number of carbonyl (C=O) groups excluding carboxylic acids is 1. The third-order valence-corrected chi connectivity index (χ3v) is 12.1. The second-order valence-corrected chi connectivity index (χ2v) is 15.2. The van der Waals surface area contributed by atoms with Gasteiger partial charge in [0.25, 0.3) is 5.91 Å². The molecule has 2 heterocycles. The molecule has 1 aliphatic carbocycles. The fourth-order valence-corrected chi connectivity index (χ4v) is 8.38. The lowest BCUT2D eigenvalue weighted by molar-refractivity contribution is -0.148. The number of aliphatic carboxylic acids is 1. The summed E-state index contributed by atoms with van der Waals surface area (Å²) in [6.07, 6.45) is 8.20. The minimum atomic E-state index is -4.01. The smallest absolute Gasteiger partial charge is 0.306 e. The fraction of sp³-hybridized carbons (Fsp3) is 0.529. The van der Waals surface area contributed by atoms with Gasteiger partial charge in [-0.05, 0) is 105 Å². The first-order valence-corrected chi connectivity index (χ1v) is 17.6. The Bertz CT molecular complexity index is 1560. The number of ether oxygens (including phenoxy) is 2. The van der Waals surface area contributed by atoms with Crippen LogP contribution in [0.15, 0.2) is 48.6 Å². The number of carboxylic acid groups (broad SMARTS) is 1. The van der Waals surface area contributed by atoms with Gasteiger partial charge < -0.3 is 19.5 Å². The van der Waals surface area contributed by atoms with E-state index in [0.717, 1.165) is 43.2 Å². The van der Waals surface area contributed by atoms with Crippen molar-refractivity contribution in [3.8, 4) is 5.75 Å². The number of aryl methyl sites for hydroxylation is 1. The average Bonchev–Trinajstić information content (AvgIpc) is 3.00. The van der Waals surface area contributed by atoms with Crippen LogP contribution in [0.25, 0.3) is 0 Å². The Labute approximate surface area is 271 Å². The average molecular weight is 659 g/mol. The van der Waals surface area contributed by atoms with Gasteiger partial charge in [0, 0.05) is 30.8 Å². The molecule has 45 heavy (non-hydrogen) atoms. The summed E-state index contributed by atoms with van der Waals surface area (Å²) in [5, 5.41) is 9.73. The lowest BCUT2D eigenvalue weighted by Crippen LogP contribution is -2.52. The summed E-state index contributed by atoms with van der Waals surface area (Å²) < 4.78 is 41.3. The molecule has 1 saturated carbocycles. The number of anilines is 1. The van der Waals surface area contributed by atoms with Gasteiger partial charge in [-0.1, -0.05) is 36.7 Å². The third kappa shape index (κ3) is 7.34. The Morgan fingerprint density at radius 3 is 2.67 bits per heavy atom. The van der Waals surface area contributed by atoms with Crippen molar-refractivity contribution in [3.05, 3.63) is 70.3 Å². The van der Waals surface area contributed by atoms with Gasteiger partial charge in [-0.2, -0.15) is 0 Å². The number of methoxy groups -OCH3 is 1. The van der Waals surface area contributed by atoms with E-state index in [0.29, 0.717) is 42.6 Å². The molecule has 1 amide bonds. The molecule has 5 atom stereocenters. The Hall–Kier alpha value is -3.08. The van der Waals surface area contributed by atoms with Crippen LogP contribution in [0.3, 0.4) is 0 Å². The van der Waals surface area contributed by atoms with E-state index in [1.54, 1.807) is 39.2 Å². The van der Waals surface area contributed by atoms with Crippen molar-refractivity contribution in [1.29, 1.82) is 0 Å². The molecule has 11 heteroatoms. The number of carboxylic acids is 1. The lowest BCUT2D eigenvalue weighted by Gasteiger charge is -2.49. The number of nitrogens with zero attached hydrogens (tertiary/aromatic N) is 1. The maximum Gasteiger partial charge on any atom is 0.306 e. The molecule has 3 aliphatic rings. The number of benzene rings is 2. The van der Waals surface area contributed by atoms with Crippen molar-refractivity contribution in [2.24, 2.45) is 17.8 Å². The van der Waals surface area contributed by atoms with Gasteiger partial charge in [-0.3, -0.25) is 9.59 Å². The molecular weight excluding hydrogens is 616 g/mol. The van der Waals surface area contributed by atoms with Crippen molar-refractivity contribution in [3.63, 3.8) is 0 Å². The lowest BCUT2D eigenvalue weighted by atomic mass is 9.63. The molecule has 2 bridgehead atoms. The second-order valence-electron chi connectivity index (χ2n) is 12.8. The fourth-order valence-electron chi connectivity index (χ4n) is 6.90. The topological polar surface area (TPSA) is 122 Å². The summed E-state index contributed by atoms with van der Waals surface area (Å²) in [6, 6.07) is 10.9. The van der Waals surface area contributed by atoms with E-state index >= 15 is 0 Å². The van der Waals surface area contributed by atoms with Gasteiger partial charge in [-0.25, -0.2) is 13.1 Å². The van der Waals surface area contributed by atoms with Crippen LogP contribution in [0.4, 0.5) is 5.69 Å². The first-order chi connectivity index (χ1) is 21.4. The molecule has 0 saturated heterocycles. The van der Waals surface area contributed by atoms with E-state index in [9.17, 15) is 23.1 Å². The highest BCUT2D eigenvalue weighted by Gasteiger charge is 2.48. The highest BCUT2D eigenvalue weighted by Crippen LogP contribution is 2.47. The van der Waals surface area contributed by atoms with Gasteiger partial charge in [0.15, 0.2) is 0 Å². The van der Waals surface area contributed by atoms with Crippen LogP contribution in [0.2, 0.25) is 5.02 Å². The summed E-state index contributed by atoms with van der Waals surface area (Å²) in [4.78, 5) is 27.7. The summed E-state index contributed by atoms with van der Waals surface area (Å²) in [5.74, 6) is -1.32. The molecule has 2 aromatic rings. The quantitative estimate of drug-likeness (QED) is 0.386. The van der Waals surface area contributed by atoms with Gasteiger partial charge >= 0.3 is 5.97 Å². The van der Waals surface area contributed by atoms with E-state index < -0.39 is 32.8 Å². The molecule has 2 aromatic carbocycles. The minimum absolute atomic E-state index is 0.0559. The zero-order valence-corrected chi connectivity index (χ0v) is 27.7. The van der Waals surface area contributed by atoms with Crippen molar-refractivity contribution in [2.75, 3.05) is 25.1 Å². The van der Waals surface area contributed by atoms with Crippen LogP contribution < -0.4 is 14.4 Å². The van der Waals surface area contributed by atoms with E-state index in [4.69, 9.17) is 21.1 Å². The number of allylic oxidation sites excluding steroid dienone is 1. The molecule has 1 fully saturated rings. The van der Waals surface area contributed by atoms with Crippen molar-refractivity contribution >= 4 is 39.2 Å². The predicted molar refractivity (Wildman–Crippen MR) is 174 cm³/mol.